The van der Waals surface area contributed by atoms with Gasteiger partial charge in [0.2, 0.25) is 0 Å². The van der Waals surface area contributed by atoms with Crippen molar-refractivity contribution in [1.29, 1.82) is 0 Å². The molecule has 0 aliphatic carbocycles. The van der Waals surface area contributed by atoms with Crippen molar-refractivity contribution < 1.29 is 14.6 Å². The third-order valence-electron chi connectivity index (χ3n) is 0.976. The Hall–Kier alpha value is -1.03. The molecular weight excluding hydrogens is 122 g/mol. The van der Waals surface area contributed by atoms with E-state index in [0.717, 1.165) is 0 Å². The van der Waals surface area contributed by atoms with Gasteiger partial charge in [0.1, 0.15) is 0 Å². The van der Waals surface area contributed by atoms with Crippen molar-refractivity contribution in [2.75, 3.05) is 6.54 Å². The zero-order chi connectivity index (χ0) is 6.69. The second-order valence-electron chi connectivity index (χ2n) is 1.64. The van der Waals surface area contributed by atoms with Crippen LogP contribution in [-0.2, 0) is 4.74 Å². The Morgan fingerprint density at radius 2 is 2.67 bits per heavy atom. The first kappa shape index (κ1) is 6.10. The molecule has 9 heavy (non-hydrogen) atoms. The third kappa shape index (κ3) is 1.73. The Morgan fingerprint density at radius 3 is 3.11 bits per heavy atom. The first-order valence-electron chi connectivity index (χ1n) is 2.58. The summed E-state index contributed by atoms with van der Waals surface area (Å²) in [5.41, 5.74) is 0. The number of hydrogen-bond donors (Lipinski definition) is 2. The molecule has 0 spiro atoms. The van der Waals surface area contributed by atoms with E-state index in [0.29, 0.717) is 6.54 Å². The van der Waals surface area contributed by atoms with Crippen molar-refractivity contribution in [2.45, 2.75) is 6.23 Å². The molecule has 1 rings (SSSR count). The fraction of sp³-hybridized carbons (Fsp3) is 0.400. The van der Waals surface area contributed by atoms with Crippen molar-refractivity contribution in [2.24, 2.45) is 0 Å². The molecule has 0 radical (unpaired) electrons. The third-order valence-corrected chi connectivity index (χ3v) is 0.976. The van der Waals surface area contributed by atoms with Gasteiger partial charge in [-0.25, -0.2) is 4.79 Å². The second-order valence-corrected chi connectivity index (χ2v) is 1.64. The standard InChI is InChI=1S/C5H7NO3/c7-5(8)9-4-2-1-3-6-4/h1-2,4,6H,3H2,(H,7,8). The molecule has 0 bridgehead atoms. The molecule has 0 saturated carbocycles. The van der Waals surface area contributed by atoms with Gasteiger partial charge in [0.05, 0.1) is 0 Å². The number of hydrogen-bond acceptors (Lipinski definition) is 3. The Balaban J connectivity index is 2.28. The maximum atomic E-state index is 9.86. The second kappa shape index (κ2) is 2.50. The van der Waals surface area contributed by atoms with Gasteiger partial charge in [-0.05, 0) is 6.08 Å². The van der Waals surface area contributed by atoms with Gasteiger partial charge >= 0.3 is 6.16 Å². The van der Waals surface area contributed by atoms with E-state index in [1.807, 2.05) is 6.08 Å². The molecule has 50 valence electrons. The first-order valence-corrected chi connectivity index (χ1v) is 2.58. The van der Waals surface area contributed by atoms with Crippen LogP contribution in [-0.4, -0.2) is 24.0 Å². The zero-order valence-corrected chi connectivity index (χ0v) is 4.70. The fourth-order valence-corrected chi connectivity index (χ4v) is 0.633. The lowest BCUT2D eigenvalue weighted by molar-refractivity contribution is 0.0615. The summed E-state index contributed by atoms with van der Waals surface area (Å²) in [5, 5.41) is 10.9. The van der Waals surface area contributed by atoms with Gasteiger partial charge < -0.3 is 9.84 Å². The molecule has 4 nitrogen and oxygen atoms in total. The summed E-state index contributed by atoms with van der Waals surface area (Å²) >= 11 is 0. The number of nitrogens with one attached hydrogen (secondary N) is 1. The first-order chi connectivity index (χ1) is 4.29. The van der Waals surface area contributed by atoms with Crippen molar-refractivity contribution in [3.8, 4) is 0 Å². The lowest BCUT2D eigenvalue weighted by Crippen LogP contribution is -2.27. The molecule has 0 fully saturated rings. The molecule has 0 aromatic carbocycles. The Kier molecular flexibility index (Phi) is 1.69. The van der Waals surface area contributed by atoms with E-state index < -0.39 is 12.4 Å². The van der Waals surface area contributed by atoms with Gasteiger partial charge in [0, 0.05) is 6.54 Å². The van der Waals surface area contributed by atoms with Crippen LogP contribution in [0.1, 0.15) is 0 Å². The molecule has 1 aliphatic rings. The smallest absolute Gasteiger partial charge is 0.450 e. The number of ether oxygens (including phenoxy) is 1. The SMILES string of the molecule is O=C(O)OC1C=CCN1. The van der Waals surface area contributed by atoms with E-state index in [2.05, 4.69) is 10.1 Å². The summed E-state index contributed by atoms with van der Waals surface area (Å²) < 4.78 is 4.33. The largest absolute Gasteiger partial charge is 0.507 e. The maximum absolute atomic E-state index is 9.86. The van der Waals surface area contributed by atoms with Gasteiger partial charge in [-0.15, -0.1) is 0 Å². The van der Waals surface area contributed by atoms with Crippen LogP contribution in [0, 0.1) is 0 Å². The van der Waals surface area contributed by atoms with Gasteiger partial charge in [-0.1, -0.05) is 6.08 Å². The van der Waals surface area contributed by atoms with E-state index in [1.54, 1.807) is 6.08 Å². The number of carboxylic acid groups (broad SMARTS) is 1. The van der Waals surface area contributed by atoms with Crippen LogP contribution < -0.4 is 5.32 Å². The summed E-state index contributed by atoms with van der Waals surface area (Å²) in [4.78, 5) is 9.86. The van der Waals surface area contributed by atoms with E-state index >= 15 is 0 Å². The minimum atomic E-state index is -1.25. The summed E-state index contributed by atoms with van der Waals surface area (Å²) in [6.07, 6.45) is 1.78. The number of rotatable bonds is 1. The molecule has 1 aliphatic heterocycles. The van der Waals surface area contributed by atoms with Gasteiger partial charge in [-0.3, -0.25) is 5.32 Å². The highest BCUT2D eigenvalue weighted by molar-refractivity contribution is 5.57. The molecule has 4 heteroatoms. The highest BCUT2D eigenvalue weighted by Gasteiger charge is 2.10. The van der Waals surface area contributed by atoms with Crippen LogP contribution in [0.5, 0.6) is 0 Å². The fourth-order valence-electron chi connectivity index (χ4n) is 0.633. The molecule has 0 aromatic heterocycles. The molecule has 0 amide bonds. The van der Waals surface area contributed by atoms with Crippen molar-refractivity contribution in [3.63, 3.8) is 0 Å². The lowest BCUT2D eigenvalue weighted by atomic mass is 10.5. The quantitative estimate of drug-likeness (QED) is 0.391. The van der Waals surface area contributed by atoms with E-state index in [4.69, 9.17) is 5.11 Å². The van der Waals surface area contributed by atoms with Crippen molar-refractivity contribution >= 4 is 6.16 Å². The molecular formula is C5H7NO3. The van der Waals surface area contributed by atoms with Crippen molar-refractivity contribution in [3.05, 3.63) is 12.2 Å². The Bertz CT molecular complexity index is 143. The predicted molar refractivity (Wildman–Crippen MR) is 30.0 cm³/mol. The van der Waals surface area contributed by atoms with Crippen LogP contribution >= 0.6 is 0 Å². The van der Waals surface area contributed by atoms with Gasteiger partial charge in [0.25, 0.3) is 0 Å². The van der Waals surface area contributed by atoms with Crippen LogP contribution in [0.15, 0.2) is 12.2 Å². The minimum absolute atomic E-state index is 0.442. The molecule has 0 aromatic rings. The van der Waals surface area contributed by atoms with Gasteiger partial charge in [-0.2, -0.15) is 0 Å². The molecule has 2 N–H and O–H groups in total. The predicted octanol–water partition coefficient (Wildman–Crippen LogP) is 0.166. The van der Waals surface area contributed by atoms with E-state index in [1.165, 1.54) is 0 Å². The highest BCUT2D eigenvalue weighted by Crippen LogP contribution is 1.95. The van der Waals surface area contributed by atoms with E-state index in [-0.39, 0.29) is 0 Å². The zero-order valence-electron chi connectivity index (χ0n) is 4.70. The maximum Gasteiger partial charge on any atom is 0.507 e. The van der Waals surface area contributed by atoms with Crippen LogP contribution in [0.2, 0.25) is 0 Å². The number of carbonyl (C=O) groups is 1. The highest BCUT2D eigenvalue weighted by atomic mass is 16.7. The molecule has 0 saturated heterocycles. The van der Waals surface area contributed by atoms with Crippen LogP contribution in [0.25, 0.3) is 0 Å². The van der Waals surface area contributed by atoms with Crippen LogP contribution in [0.4, 0.5) is 4.79 Å². The molecule has 1 atom stereocenters. The average molecular weight is 129 g/mol. The molecule has 1 heterocycles. The average Bonchev–Trinajstić information content (AvgIpc) is 2.15. The normalized spacial score (nSPS) is 24.2. The van der Waals surface area contributed by atoms with Crippen LogP contribution in [0.3, 0.4) is 0 Å². The lowest BCUT2D eigenvalue weighted by Gasteiger charge is -2.05. The Labute approximate surface area is 52.1 Å². The summed E-state index contributed by atoms with van der Waals surface area (Å²) in [6.45, 7) is 0.679. The molecule has 1 unspecified atom stereocenters. The van der Waals surface area contributed by atoms with Crippen molar-refractivity contribution in [1.82, 2.24) is 5.32 Å². The Morgan fingerprint density at radius 1 is 1.89 bits per heavy atom. The monoisotopic (exact) mass is 129 g/mol. The topological polar surface area (TPSA) is 58.6 Å². The van der Waals surface area contributed by atoms with Gasteiger partial charge in [0.15, 0.2) is 6.23 Å². The summed E-state index contributed by atoms with van der Waals surface area (Å²) in [7, 11) is 0. The van der Waals surface area contributed by atoms with E-state index in [9.17, 15) is 4.79 Å². The summed E-state index contributed by atoms with van der Waals surface area (Å²) in [5.74, 6) is 0. The summed E-state index contributed by atoms with van der Waals surface area (Å²) in [6, 6.07) is 0. The minimum Gasteiger partial charge on any atom is -0.450 e.